The second-order valence-corrected chi connectivity index (χ2v) is 11.1. The predicted molar refractivity (Wildman–Crippen MR) is 95.2 cm³/mol. The summed E-state index contributed by atoms with van der Waals surface area (Å²) in [6, 6.07) is 0. The summed E-state index contributed by atoms with van der Waals surface area (Å²) in [6.45, 7) is 7.07. The number of nitrogens with zero attached hydrogens (tertiary/aromatic N) is 1. The summed E-state index contributed by atoms with van der Waals surface area (Å²) in [5.41, 5.74) is -0.534. The summed E-state index contributed by atoms with van der Waals surface area (Å²) in [7, 11) is -5.59. The first kappa shape index (κ1) is 23.4. The normalized spacial score (nSPS) is 22.4. The molecule has 0 aromatic heterocycles. The van der Waals surface area contributed by atoms with Crippen molar-refractivity contribution in [2.75, 3.05) is 49.2 Å². The van der Waals surface area contributed by atoms with E-state index < -0.39 is 31.4 Å². The van der Waals surface area contributed by atoms with Crippen molar-refractivity contribution in [1.29, 1.82) is 0 Å². The van der Waals surface area contributed by atoms with Crippen molar-refractivity contribution in [3.05, 3.63) is 0 Å². The first-order chi connectivity index (χ1) is 10.4. The minimum Gasteiger partial charge on any atom is -0.444 e. The number of halogens is 1. The molecule has 2 saturated heterocycles. The topological polar surface area (TPSA) is 110 Å². The molecule has 2 aliphatic rings. The molecule has 8 nitrogen and oxygen atoms in total. The second-order valence-electron chi connectivity index (χ2n) is 6.52. The number of carbonyl (C=O) groups excluding carboxylic acids is 1. The quantitative estimate of drug-likeness (QED) is 0.606. The van der Waals surface area contributed by atoms with E-state index in [9.17, 15) is 21.6 Å². The Morgan fingerprint density at radius 1 is 0.917 bits per heavy atom. The van der Waals surface area contributed by atoms with E-state index in [1.54, 1.807) is 20.8 Å². The molecule has 0 atom stereocenters. The highest BCUT2D eigenvalue weighted by Crippen LogP contribution is 2.12. The summed E-state index contributed by atoms with van der Waals surface area (Å²) < 4.78 is 48.6. The summed E-state index contributed by atoms with van der Waals surface area (Å²) in [5.74, 6) is 0.693. The van der Waals surface area contributed by atoms with Gasteiger partial charge in [0, 0.05) is 26.2 Å². The van der Waals surface area contributed by atoms with E-state index in [1.165, 1.54) is 4.90 Å². The third kappa shape index (κ3) is 9.65. The van der Waals surface area contributed by atoms with Crippen LogP contribution >= 0.6 is 12.4 Å². The van der Waals surface area contributed by atoms with E-state index in [-0.39, 0.29) is 37.0 Å². The minimum atomic E-state index is -2.94. The molecule has 0 bridgehead atoms. The SMILES string of the molecule is CC(C)(C)OC(=O)N1CCS(=O)(=O)CC1.Cl.O=S1(=O)CCNCC1. The molecule has 0 saturated carbocycles. The van der Waals surface area contributed by atoms with E-state index in [0.717, 1.165) is 0 Å². The number of hydrogen-bond donors (Lipinski definition) is 1. The number of sulfone groups is 2. The molecule has 2 rings (SSSR count). The molecule has 144 valence electrons. The van der Waals surface area contributed by atoms with Crippen LogP contribution in [0.4, 0.5) is 4.79 Å². The van der Waals surface area contributed by atoms with Crippen molar-refractivity contribution >= 4 is 38.2 Å². The van der Waals surface area contributed by atoms with Crippen LogP contribution in [-0.2, 0) is 24.4 Å². The number of rotatable bonds is 0. The average Bonchev–Trinajstić information content (AvgIpc) is 2.36. The van der Waals surface area contributed by atoms with Crippen LogP contribution in [0.2, 0.25) is 0 Å². The van der Waals surface area contributed by atoms with Crippen molar-refractivity contribution < 1.29 is 26.4 Å². The van der Waals surface area contributed by atoms with Crippen LogP contribution in [0, 0.1) is 0 Å². The summed E-state index contributed by atoms with van der Waals surface area (Å²) >= 11 is 0. The van der Waals surface area contributed by atoms with Crippen LogP contribution in [0.25, 0.3) is 0 Å². The number of nitrogens with one attached hydrogen (secondary N) is 1. The van der Waals surface area contributed by atoms with E-state index in [2.05, 4.69) is 5.32 Å². The largest absolute Gasteiger partial charge is 0.444 e. The van der Waals surface area contributed by atoms with Crippen molar-refractivity contribution in [3.63, 3.8) is 0 Å². The van der Waals surface area contributed by atoms with Crippen molar-refractivity contribution in [2.24, 2.45) is 0 Å². The monoisotopic (exact) mass is 406 g/mol. The number of amides is 1. The molecular formula is C13H27ClN2O6S2. The van der Waals surface area contributed by atoms with E-state index >= 15 is 0 Å². The van der Waals surface area contributed by atoms with Gasteiger partial charge < -0.3 is 15.0 Å². The Kier molecular flexibility index (Phi) is 8.99. The molecule has 1 N–H and O–H groups in total. The predicted octanol–water partition coefficient (Wildman–Crippen LogP) is 0.0781. The number of hydrogen-bond acceptors (Lipinski definition) is 7. The first-order valence-electron chi connectivity index (χ1n) is 7.50. The zero-order chi connectivity index (χ0) is 17.7. The Labute approximate surface area is 150 Å². The van der Waals surface area contributed by atoms with Crippen LogP contribution in [0.1, 0.15) is 20.8 Å². The first-order valence-corrected chi connectivity index (χ1v) is 11.1. The van der Waals surface area contributed by atoms with Gasteiger partial charge in [-0.25, -0.2) is 21.6 Å². The molecular weight excluding hydrogens is 380 g/mol. The maximum atomic E-state index is 11.5. The van der Waals surface area contributed by atoms with E-state index in [1.807, 2.05) is 0 Å². The maximum absolute atomic E-state index is 11.5. The van der Waals surface area contributed by atoms with Crippen molar-refractivity contribution in [2.45, 2.75) is 26.4 Å². The lowest BCUT2D eigenvalue weighted by Gasteiger charge is -2.29. The Hall–Kier alpha value is -0.580. The molecule has 0 unspecified atom stereocenters. The van der Waals surface area contributed by atoms with Gasteiger partial charge >= 0.3 is 6.09 Å². The summed E-state index contributed by atoms with van der Waals surface area (Å²) in [5, 5.41) is 2.96. The molecule has 0 aromatic carbocycles. The molecule has 2 fully saturated rings. The molecule has 0 spiro atoms. The highest BCUT2D eigenvalue weighted by molar-refractivity contribution is 7.91. The fourth-order valence-corrected chi connectivity index (χ4v) is 4.22. The smallest absolute Gasteiger partial charge is 0.410 e. The third-order valence-corrected chi connectivity index (χ3v) is 6.44. The number of ether oxygens (including phenoxy) is 1. The summed E-state index contributed by atoms with van der Waals surface area (Å²) in [4.78, 5) is 13.0. The van der Waals surface area contributed by atoms with Gasteiger partial charge in [-0.1, -0.05) is 0 Å². The zero-order valence-electron chi connectivity index (χ0n) is 14.3. The van der Waals surface area contributed by atoms with Gasteiger partial charge in [0.15, 0.2) is 19.7 Å². The Balaban J connectivity index is 0.000000498. The highest BCUT2D eigenvalue weighted by atomic mass is 35.5. The minimum absolute atomic E-state index is 0. The zero-order valence-corrected chi connectivity index (χ0v) is 16.7. The molecule has 1 amide bonds. The summed E-state index contributed by atoms with van der Waals surface area (Å²) in [6.07, 6.45) is -0.433. The molecule has 0 aromatic rings. The molecule has 11 heteroatoms. The van der Waals surface area contributed by atoms with Crippen LogP contribution in [0.3, 0.4) is 0 Å². The lowest BCUT2D eigenvalue weighted by molar-refractivity contribution is 0.0267. The Bertz CT molecular complexity index is 587. The molecule has 2 aliphatic heterocycles. The molecule has 0 aliphatic carbocycles. The second kappa shape index (κ2) is 9.21. The van der Waals surface area contributed by atoms with Crippen molar-refractivity contribution in [1.82, 2.24) is 10.2 Å². The van der Waals surface area contributed by atoms with Crippen molar-refractivity contribution in [3.8, 4) is 0 Å². The van der Waals surface area contributed by atoms with E-state index in [0.29, 0.717) is 24.6 Å². The average molecular weight is 407 g/mol. The lowest BCUT2D eigenvalue weighted by atomic mass is 10.2. The molecule has 0 radical (unpaired) electrons. The number of carbonyl (C=O) groups is 1. The maximum Gasteiger partial charge on any atom is 0.410 e. The van der Waals surface area contributed by atoms with Gasteiger partial charge in [0.05, 0.1) is 23.0 Å². The van der Waals surface area contributed by atoms with Crippen LogP contribution in [0.15, 0.2) is 0 Å². The van der Waals surface area contributed by atoms with Gasteiger partial charge in [-0.2, -0.15) is 0 Å². The fraction of sp³-hybridized carbons (Fsp3) is 0.923. The van der Waals surface area contributed by atoms with Gasteiger partial charge in [-0.15, -0.1) is 12.4 Å². The van der Waals surface area contributed by atoms with Gasteiger partial charge in [0.2, 0.25) is 0 Å². The standard InChI is InChI=1S/C9H17NO4S.C4H9NO2S.ClH/c1-9(2,3)14-8(11)10-4-6-15(12,13)7-5-10;6-8(7)3-1-5-2-4-8;/h4-7H2,1-3H3;5H,1-4H2;1H. The van der Waals surface area contributed by atoms with E-state index in [4.69, 9.17) is 4.74 Å². The molecule has 2 heterocycles. The van der Waals surface area contributed by atoms with Gasteiger partial charge in [-0.05, 0) is 20.8 Å². The van der Waals surface area contributed by atoms with Gasteiger partial charge in [-0.3, -0.25) is 0 Å². The molecule has 24 heavy (non-hydrogen) atoms. The van der Waals surface area contributed by atoms with Gasteiger partial charge in [0.1, 0.15) is 5.60 Å². The van der Waals surface area contributed by atoms with Crippen LogP contribution < -0.4 is 5.32 Å². The van der Waals surface area contributed by atoms with Gasteiger partial charge in [0.25, 0.3) is 0 Å². The lowest BCUT2D eigenvalue weighted by Crippen LogP contribution is -2.45. The Morgan fingerprint density at radius 2 is 1.33 bits per heavy atom. The fourth-order valence-electron chi connectivity index (χ4n) is 1.90. The third-order valence-electron chi connectivity index (χ3n) is 3.18. The highest BCUT2D eigenvalue weighted by Gasteiger charge is 2.28. The van der Waals surface area contributed by atoms with Crippen LogP contribution in [0.5, 0.6) is 0 Å². The Morgan fingerprint density at radius 3 is 1.67 bits per heavy atom. The van der Waals surface area contributed by atoms with Crippen LogP contribution in [-0.4, -0.2) is 82.6 Å².